The maximum absolute atomic E-state index is 11.7. The fourth-order valence-electron chi connectivity index (χ4n) is 1.65. The van der Waals surface area contributed by atoms with E-state index in [0.717, 1.165) is 19.3 Å². The summed E-state index contributed by atoms with van der Waals surface area (Å²) in [5.41, 5.74) is 0. The fraction of sp³-hybridized carbons (Fsp3) is 0.909. The number of aliphatic carboxylic acids is 1. The van der Waals surface area contributed by atoms with E-state index >= 15 is 0 Å². The highest BCUT2D eigenvalue weighted by Crippen LogP contribution is 2.32. The number of carboxylic acid groups (broad SMARTS) is 1. The number of sulfonamides is 1. The summed E-state index contributed by atoms with van der Waals surface area (Å²) in [5.74, 6) is -0.507. The van der Waals surface area contributed by atoms with E-state index in [1.54, 1.807) is 0 Å². The molecule has 1 aliphatic rings. The van der Waals surface area contributed by atoms with Crippen molar-refractivity contribution in [2.24, 2.45) is 5.92 Å². The Kier molecular flexibility index (Phi) is 5.39. The third-order valence-electron chi connectivity index (χ3n) is 2.96. The van der Waals surface area contributed by atoms with E-state index in [1.165, 1.54) is 0 Å². The van der Waals surface area contributed by atoms with Crippen molar-refractivity contribution in [3.63, 3.8) is 0 Å². The van der Waals surface area contributed by atoms with Crippen LogP contribution in [0.15, 0.2) is 0 Å². The normalized spacial score (nSPS) is 17.9. The minimum absolute atomic E-state index is 0.0492. The first-order valence-corrected chi connectivity index (χ1v) is 7.82. The van der Waals surface area contributed by atoms with Gasteiger partial charge in [0.25, 0.3) is 0 Å². The molecule has 0 amide bonds. The molecule has 0 heterocycles. The predicted octanol–water partition coefficient (Wildman–Crippen LogP) is 1.35. The van der Waals surface area contributed by atoms with Crippen LogP contribution in [0.1, 0.15) is 45.4 Å². The third-order valence-corrected chi connectivity index (χ3v) is 4.37. The first-order chi connectivity index (χ1) is 7.94. The van der Waals surface area contributed by atoms with Crippen molar-refractivity contribution >= 4 is 16.0 Å². The van der Waals surface area contributed by atoms with Crippen molar-refractivity contribution in [2.75, 3.05) is 5.75 Å². The molecule has 1 saturated carbocycles. The Balaban J connectivity index is 2.42. The van der Waals surface area contributed by atoms with Gasteiger partial charge < -0.3 is 5.11 Å². The van der Waals surface area contributed by atoms with Gasteiger partial charge in [0, 0.05) is 0 Å². The van der Waals surface area contributed by atoms with Crippen molar-refractivity contribution in [1.29, 1.82) is 0 Å². The van der Waals surface area contributed by atoms with Crippen molar-refractivity contribution in [3.05, 3.63) is 0 Å². The minimum Gasteiger partial charge on any atom is -0.480 e. The van der Waals surface area contributed by atoms with Gasteiger partial charge in [-0.15, -0.1) is 0 Å². The molecule has 5 nitrogen and oxygen atoms in total. The number of carbonyl (C=O) groups is 1. The van der Waals surface area contributed by atoms with Gasteiger partial charge >= 0.3 is 5.97 Å². The van der Waals surface area contributed by atoms with Crippen molar-refractivity contribution in [3.8, 4) is 0 Å². The number of hydrogen-bond donors (Lipinski definition) is 2. The van der Waals surface area contributed by atoms with Crippen LogP contribution in [0.4, 0.5) is 0 Å². The van der Waals surface area contributed by atoms with Crippen LogP contribution < -0.4 is 4.72 Å². The first-order valence-electron chi connectivity index (χ1n) is 6.17. The van der Waals surface area contributed by atoms with Gasteiger partial charge in [-0.2, -0.15) is 0 Å². The van der Waals surface area contributed by atoms with E-state index in [0.29, 0.717) is 25.2 Å². The van der Waals surface area contributed by atoms with Crippen molar-refractivity contribution < 1.29 is 18.3 Å². The molecule has 17 heavy (non-hydrogen) atoms. The Morgan fingerprint density at radius 3 is 2.59 bits per heavy atom. The lowest BCUT2D eigenvalue weighted by molar-refractivity contribution is -0.139. The van der Waals surface area contributed by atoms with Crippen LogP contribution in [-0.2, 0) is 14.8 Å². The lowest BCUT2D eigenvalue weighted by Gasteiger charge is -2.14. The van der Waals surface area contributed by atoms with E-state index in [2.05, 4.69) is 4.72 Å². The first kappa shape index (κ1) is 14.4. The predicted molar refractivity (Wildman–Crippen MR) is 65.2 cm³/mol. The van der Waals surface area contributed by atoms with Gasteiger partial charge in [0.15, 0.2) is 0 Å². The van der Waals surface area contributed by atoms with E-state index in [1.807, 2.05) is 6.92 Å². The van der Waals surface area contributed by atoms with Gasteiger partial charge in [-0.1, -0.05) is 32.6 Å². The second-order valence-electron chi connectivity index (χ2n) is 4.70. The van der Waals surface area contributed by atoms with Gasteiger partial charge in [0.2, 0.25) is 10.0 Å². The van der Waals surface area contributed by atoms with E-state index in [-0.39, 0.29) is 5.75 Å². The molecule has 6 heteroatoms. The SMILES string of the molecule is CCCCC(NS(=O)(=O)CCC1CC1)C(=O)O. The molecule has 0 saturated heterocycles. The maximum Gasteiger partial charge on any atom is 0.321 e. The van der Waals surface area contributed by atoms with Crippen molar-refractivity contribution in [2.45, 2.75) is 51.5 Å². The zero-order valence-corrected chi connectivity index (χ0v) is 11.0. The molecule has 0 aromatic rings. The topological polar surface area (TPSA) is 83.5 Å². The molecule has 1 atom stereocenters. The summed E-state index contributed by atoms with van der Waals surface area (Å²) < 4.78 is 25.6. The van der Waals surface area contributed by atoms with Crippen LogP contribution in [0, 0.1) is 5.92 Å². The van der Waals surface area contributed by atoms with Crippen LogP contribution in [-0.4, -0.2) is 31.3 Å². The Hall–Kier alpha value is -0.620. The van der Waals surface area contributed by atoms with Gasteiger partial charge in [-0.3, -0.25) is 4.79 Å². The molecule has 0 radical (unpaired) electrons. The van der Waals surface area contributed by atoms with Gasteiger partial charge in [0.05, 0.1) is 5.75 Å². The van der Waals surface area contributed by atoms with Gasteiger partial charge in [-0.25, -0.2) is 13.1 Å². The zero-order chi connectivity index (χ0) is 12.9. The quantitative estimate of drug-likeness (QED) is 0.657. The minimum atomic E-state index is -3.44. The Labute approximate surface area is 103 Å². The second-order valence-corrected chi connectivity index (χ2v) is 6.58. The summed E-state index contributed by atoms with van der Waals surface area (Å²) >= 11 is 0. The number of carboxylic acids is 1. The van der Waals surface area contributed by atoms with E-state index < -0.39 is 22.0 Å². The molecule has 1 rings (SSSR count). The highest BCUT2D eigenvalue weighted by Gasteiger charge is 2.27. The van der Waals surface area contributed by atoms with Gasteiger partial charge in [0.1, 0.15) is 6.04 Å². The summed E-state index contributed by atoms with van der Waals surface area (Å²) in [6.45, 7) is 1.94. The standard InChI is InChI=1S/C11H21NO4S/c1-2-3-4-10(11(13)14)12-17(15,16)8-7-9-5-6-9/h9-10,12H,2-8H2,1H3,(H,13,14). The smallest absolute Gasteiger partial charge is 0.321 e. The summed E-state index contributed by atoms with van der Waals surface area (Å²) in [4.78, 5) is 10.9. The lowest BCUT2D eigenvalue weighted by atomic mass is 10.1. The Bertz CT molecular complexity index is 348. The van der Waals surface area contributed by atoms with E-state index in [9.17, 15) is 13.2 Å². The van der Waals surface area contributed by atoms with Gasteiger partial charge in [-0.05, 0) is 18.8 Å². The summed E-state index contributed by atoms with van der Waals surface area (Å²) in [6.07, 6.45) is 4.78. The monoisotopic (exact) mass is 263 g/mol. The molecule has 2 N–H and O–H groups in total. The highest BCUT2D eigenvalue weighted by atomic mass is 32.2. The van der Waals surface area contributed by atoms with Crippen LogP contribution in [0.2, 0.25) is 0 Å². The number of rotatable bonds is 9. The Morgan fingerprint density at radius 1 is 1.47 bits per heavy atom. The number of hydrogen-bond acceptors (Lipinski definition) is 3. The van der Waals surface area contributed by atoms with Crippen LogP contribution in [0.25, 0.3) is 0 Å². The number of unbranched alkanes of at least 4 members (excludes halogenated alkanes) is 1. The van der Waals surface area contributed by atoms with Crippen LogP contribution >= 0.6 is 0 Å². The zero-order valence-electron chi connectivity index (χ0n) is 10.2. The molecule has 1 fully saturated rings. The molecule has 100 valence electrons. The molecule has 1 aliphatic carbocycles. The van der Waals surface area contributed by atoms with Crippen molar-refractivity contribution in [1.82, 2.24) is 4.72 Å². The second kappa shape index (κ2) is 6.35. The lowest BCUT2D eigenvalue weighted by Crippen LogP contribution is -2.41. The molecular formula is C11H21NO4S. The average molecular weight is 263 g/mol. The third kappa shape index (κ3) is 6.02. The van der Waals surface area contributed by atoms with Crippen LogP contribution in [0.3, 0.4) is 0 Å². The molecule has 0 aliphatic heterocycles. The van der Waals surface area contributed by atoms with E-state index in [4.69, 9.17) is 5.11 Å². The molecule has 1 unspecified atom stereocenters. The molecular weight excluding hydrogens is 242 g/mol. The number of nitrogens with one attached hydrogen (secondary N) is 1. The fourth-order valence-corrected chi connectivity index (χ4v) is 3.06. The molecule has 0 spiro atoms. The van der Waals surface area contributed by atoms with Crippen LogP contribution in [0.5, 0.6) is 0 Å². The largest absolute Gasteiger partial charge is 0.480 e. The highest BCUT2D eigenvalue weighted by molar-refractivity contribution is 7.89. The molecule has 0 aromatic heterocycles. The maximum atomic E-state index is 11.7. The average Bonchev–Trinajstić information content (AvgIpc) is 3.05. The summed E-state index contributed by atoms with van der Waals surface area (Å²) in [7, 11) is -3.44. The molecule has 0 aromatic carbocycles. The molecule has 0 bridgehead atoms. The summed E-state index contributed by atoms with van der Waals surface area (Å²) in [5, 5.41) is 8.93. The summed E-state index contributed by atoms with van der Waals surface area (Å²) in [6, 6.07) is -0.973. The Morgan fingerprint density at radius 2 is 2.12 bits per heavy atom.